The van der Waals surface area contributed by atoms with Crippen molar-refractivity contribution < 1.29 is 13.6 Å². The largest absolute Gasteiger partial charge is 0.459 e. The maximum atomic E-state index is 13.2. The number of piperazine rings is 1. The Balaban J connectivity index is 1.45. The SMILES string of the molecule is C[C@@H](NC(=O)c1ccco1)[C@H](c1cccs1)N1CCN(c2ccc(F)cc2)CC1. The molecule has 4 rings (SSSR count). The van der Waals surface area contributed by atoms with E-state index in [0.29, 0.717) is 5.76 Å². The van der Waals surface area contributed by atoms with E-state index < -0.39 is 0 Å². The predicted molar refractivity (Wildman–Crippen MR) is 113 cm³/mol. The summed E-state index contributed by atoms with van der Waals surface area (Å²) in [6.45, 7) is 5.47. The number of carbonyl (C=O) groups excluding carboxylic acids is 1. The van der Waals surface area contributed by atoms with Crippen LogP contribution < -0.4 is 10.2 Å². The first kappa shape index (κ1) is 19.7. The molecule has 0 bridgehead atoms. The quantitative estimate of drug-likeness (QED) is 0.659. The Bertz CT molecular complexity index is 904. The monoisotopic (exact) mass is 413 g/mol. The number of amides is 1. The smallest absolute Gasteiger partial charge is 0.287 e. The topological polar surface area (TPSA) is 48.7 Å². The highest BCUT2D eigenvalue weighted by atomic mass is 32.1. The molecule has 5 nitrogen and oxygen atoms in total. The molecule has 3 aromatic rings. The number of thiophene rings is 1. The van der Waals surface area contributed by atoms with Crippen LogP contribution in [0.2, 0.25) is 0 Å². The molecule has 1 amide bonds. The molecule has 0 radical (unpaired) electrons. The fourth-order valence-electron chi connectivity index (χ4n) is 3.88. The molecule has 1 fully saturated rings. The molecule has 29 heavy (non-hydrogen) atoms. The summed E-state index contributed by atoms with van der Waals surface area (Å²) in [5, 5.41) is 5.16. The lowest BCUT2D eigenvalue weighted by Crippen LogP contribution is -2.52. The second kappa shape index (κ2) is 8.80. The average Bonchev–Trinajstić information content (AvgIpc) is 3.44. The van der Waals surface area contributed by atoms with Crippen LogP contribution in [0.5, 0.6) is 0 Å². The van der Waals surface area contributed by atoms with E-state index >= 15 is 0 Å². The Morgan fingerprint density at radius 3 is 2.48 bits per heavy atom. The van der Waals surface area contributed by atoms with Gasteiger partial charge in [0.15, 0.2) is 5.76 Å². The molecule has 3 heterocycles. The van der Waals surface area contributed by atoms with E-state index in [1.54, 1.807) is 23.5 Å². The van der Waals surface area contributed by atoms with Crippen molar-refractivity contribution in [1.29, 1.82) is 0 Å². The molecule has 1 aliphatic rings. The first-order chi connectivity index (χ1) is 14.1. The van der Waals surface area contributed by atoms with Gasteiger partial charge in [-0.1, -0.05) is 6.07 Å². The van der Waals surface area contributed by atoms with E-state index in [1.807, 2.05) is 25.1 Å². The summed E-state index contributed by atoms with van der Waals surface area (Å²) in [4.78, 5) is 18.4. The van der Waals surface area contributed by atoms with Gasteiger partial charge in [0.05, 0.1) is 12.3 Å². The molecule has 1 saturated heterocycles. The van der Waals surface area contributed by atoms with Crippen molar-refractivity contribution >= 4 is 22.9 Å². The molecule has 0 unspecified atom stereocenters. The van der Waals surface area contributed by atoms with Gasteiger partial charge in [-0.05, 0) is 54.8 Å². The summed E-state index contributed by atoms with van der Waals surface area (Å²) in [5.74, 6) is -0.0943. The second-order valence-corrected chi connectivity index (χ2v) is 8.18. The number of benzene rings is 1. The summed E-state index contributed by atoms with van der Waals surface area (Å²) in [7, 11) is 0. The first-order valence-electron chi connectivity index (χ1n) is 9.74. The van der Waals surface area contributed by atoms with Crippen LogP contribution in [0.25, 0.3) is 0 Å². The van der Waals surface area contributed by atoms with Gasteiger partial charge in [-0.25, -0.2) is 4.39 Å². The fraction of sp³-hybridized carbons (Fsp3) is 0.318. The van der Waals surface area contributed by atoms with Gasteiger partial charge in [0.1, 0.15) is 5.82 Å². The van der Waals surface area contributed by atoms with Crippen LogP contribution in [0.4, 0.5) is 10.1 Å². The summed E-state index contributed by atoms with van der Waals surface area (Å²) >= 11 is 1.70. The zero-order valence-corrected chi connectivity index (χ0v) is 17.1. The maximum Gasteiger partial charge on any atom is 0.287 e. The standard InChI is InChI=1S/C22H24FN3O2S/c1-16(24-22(27)19-4-2-14-28-19)21(20-5-3-15-29-20)26-12-10-25(11-13-26)18-8-6-17(23)7-9-18/h2-9,14-16,21H,10-13H2,1H3,(H,24,27)/t16-,21-/m1/s1. The zero-order chi connectivity index (χ0) is 20.2. The lowest BCUT2D eigenvalue weighted by molar-refractivity contribution is 0.0863. The summed E-state index contributed by atoms with van der Waals surface area (Å²) in [6, 6.07) is 14.2. The molecule has 1 N–H and O–H groups in total. The number of nitrogens with zero attached hydrogens (tertiary/aromatic N) is 2. The number of hydrogen-bond acceptors (Lipinski definition) is 5. The third kappa shape index (κ3) is 4.52. The summed E-state index contributed by atoms with van der Waals surface area (Å²) in [6.07, 6.45) is 1.50. The van der Waals surface area contributed by atoms with E-state index in [-0.39, 0.29) is 23.8 Å². The molecular formula is C22H24FN3O2S. The van der Waals surface area contributed by atoms with Crippen molar-refractivity contribution in [3.05, 3.63) is 76.6 Å². The third-order valence-electron chi connectivity index (χ3n) is 5.31. The van der Waals surface area contributed by atoms with Gasteiger partial charge in [-0.15, -0.1) is 11.3 Å². The normalized spacial score (nSPS) is 17.1. The lowest BCUT2D eigenvalue weighted by atomic mass is 10.0. The Morgan fingerprint density at radius 2 is 1.86 bits per heavy atom. The minimum atomic E-state index is -0.216. The Hall–Kier alpha value is -2.64. The van der Waals surface area contributed by atoms with Crippen LogP contribution in [0.15, 0.2) is 64.6 Å². The molecule has 0 spiro atoms. The van der Waals surface area contributed by atoms with Crippen LogP contribution in [0.3, 0.4) is 0 Å². The van der Waals surface area contributed by atoms with Crippen molar-refractivity contribution in [2.24, 2.45) is 0 Å². The van der Waals surface area contributed by atoms with Gasteiger partial charge < -0.3 is 14.6 Å². The van der Waals surface area contributed by atoms with Crippen molar-refractivity contribution in [3.8, 4) is 0 Å². The number of furan rings is 1. The lowest BCUT2D eigenvalue weighted by Gasteiger charge is -2.42. The third-order valence-corrected chi connectivity index (χ3v) is 6.25. The van der Waals surface area contributed by atoms with Crippen LogP contribution in [-0.2, 0) is 0 Å². The molecule has 152 valence electrons. The van der Waals surface area contributed by atoms with Gasteiger partial charge in [-0.2, -0.15) is 0 Å². The molecule has 0 aliphatic carbocycles. The maximum absolute atomic E-state index is 13.2. The van der Waals surface area contributed by atoms with Gasteiger partial charge >= 0.3 is 0 Å². The summed E-state index contributed by atoms with van der Waals surface area (Å²) in [5.41, 5.74) is 1.04. The number of anilines is 1. The molecular weight excluding hydrogens is 389 g/mol. The molecule has 0 saturated carbocycles. The molecule has 7 heteroatoms. The molecule has 2 atom stereocenters. The van der Waals surface area contributed by atoms with Crippen LogP contribution in [0.1, 0.15) is 28.4 Å². The van der Waals surface area contributed by atoms with Crippen molar-refractivity contribution in [3.63, 3.8) is 0 Å². The van der Waals surface area contributed by atoms with Crippen LogP contribution in [-0.4, -0.2) is 43.0 Å². The van der Waals surface area contributed by atoms with E-state index in [2.05, 4.69) is 26.6 Å². The van der Waals surface area contributed by atoms with Crippen molar-refractivity contribution in [2.45, 2.75) is 19.0 Å². The number of carbonyl (C=O) groups is 1. The summed E-state index contributed by atoms with van der Waals surface area (Å²) < 4.78 is 18.4. The van der Waals surface area contributed by atoms with E-state index in [4.69, 9.17) is 4.42 Å². The Kier molecular flexibility index (Phi) is 5.97. The second-order valence-electron chi connectivity index (χ2n) is 7.20. The zero-order valence-electron chi connectivity index (χ0n) is 16.3. The van der Waals surface area contributed by atoms with Gasteiger partial charge in [0.2, 0.25) is 0 Å². The van der Waals surface area contributed by atoms with E-state index in [1.165, 1.54) is 23.3 Å². The molecule has 1 aromatic carbocycles. The number of hydrogen-bond donors (Lipinski definition) is 1. The Labute approximate surface area is 173 Å². The minimum absolute atomic E-state index is 0.0800. The fourth-order valence-corrected chi connectivity index (χ4v) is 4.84. The van der Waals surface area contributed by atoms with E-state index in [9.17, 15) is 9.18 Å². The van der Waals surface area contributed by atoms with Crippen molar-refractivity contribution in [2.75, 3.05) is 31.1 Å². The van der Waals surface area contributed by atoms with Gasteiger partial charge in [-0.3, -0.25) is 9.69 Å². The average molecular weight is 414 g/mol. The van der Waals surface area contributed by atoms with Gasteiger partial charge in [0, 0.05) is 42.8 Å². The highest BCUT2D eigenvalue weighted by Gasteiger charge is 2.31. The number of rotatable bonds is 6. The van der Waals surface area contributed by atoms with Crippen LogP contribution >= 0.6 is 11.3 Å². The number of nitrogens with one attached hydrogen (secondary N) is 1. The Morgan fingerprint density at radius 1 is 1.10 bits per heavy atom. The first-order valence-corrected chi connectivity index (χ1v) is 10.6. The van der Waals surface area contributed by atoms with Crippen molar-refractivity contribution in [1.82, 2.24) is 10.2 Å². The number of halogens is 1. The van der Waals surface area contributed by atoms with Crippen LogP contribution in [0, 0.1) is 5.82 Å². The van der Waals surface area contributed by atoms with E-state index in [0.717, 1.165) is 31.9 Å². The predicted octanol–water partition coefficient (Wildman–Crippen LogP) is 4.16. The highest BCUT2D eigenvalue weighted by molar-refractivity contribution is 7.10. The minimum Gasteiger partial charge on any atom is -0.459 e. The highest BCUT2D eigenvalue weighted by Crippen LogP contribution is 2.30. The van der Waals surface area contributed by atoms with Gasteiger partial charge in [0.25, 0.3) is 5.91 Å². The molecule has 1 aliphatic heterocycles. The molecule has 2 aromatic heterocycles.